The van der Waals surface area contributed by atoms with Crippen molar-refractivity contribution >= 4 is 17.5 Å². The second kappa shape index (κ2) is 7.08. The third-order valence-electron chi connectivity index (χ3n) is 7.55. The van der Waals surface area contributed by atoms with E-state index in [2.05, 4.69) is 16.8 Å². The molecule has 1 aromatic rings. The number of aromatic nitrogens is 1. The van der Waals surface area contributed by atoms with Crippen LogP contribution in [0.15, 0.2) is 18.3 Å². The third kappa shape index (κ3) is 3.45. The van der Waals surface area contributed by atoms with Crippen molar-refractivity contribution in [2.75, 3.05) is 37.6 Å². The number of rotatable bonds is 4. The van der Waals surface area contributed by atoms with Gasteiger partial charge in [0, 0.05) is 44.3 Å². The number of carbonyl (C=O) groups is 2. The summed E-state index contributed by atoms with van der Waals surface area (Å²) in [5, 5.41) is 0. The van der Waals surface area contributed by atoms with Gasteiger partial charge in [0.25, 0.3) is 0 Å². The highest BCUT2D eigenvalue weighted by molar-refractivity contribution is 6.01. The molecule has 1 aromatic heterocycles. The summed E-state index contributed by atoms with van der Waals surface area (Å²) in [6.45, 7) is 8.19. The lowest BCUT2D eigenvalue weighted by Crippen LogP contribution is -2.69. The summed E-state index contributed by atoms with van der Waals surface area (Å²) in [6, 6.07) is 3.99. The minimum Gasteiger partial charge on any atom is -0.342 e. The van der Waals surface area contributed by atoms with Gasteiger partial charge >= 0.3 is 0 Å². The second-order valence-electron chi connectivity index (χ2n) is 9.68. The first-order valence-corrected chi connectivity index (χ1v) is 11.3. The number of hydrogen-bond donors (Lipinski definition) is 0. The van der Waals surface area contributed by atoms with Gasteiger partial charge in [0.1, 0.15) is 5.54 Å². The van der Waals surface area contributed by atoms with Gasteiger partial charge in [-0.1, -0.05) is 6.92 Å². The molecule has 0 radical (unpaired) electrons. The van der Waals surface area contributed by atoms with Crippen molar-refractivity contribution in [2.45, 2.75) is 51.5 Å². The number of likely N-dealkylation sites (tertiary alicyclic amines) is 1. The largest absolute Gasteiger partial charge is 0.342 e. The molecule has 3 heterocycles. The second-order valence-corrected chi connectivity index (χ2v) is 9.68. The van der Waals surface area contributed by atoms with Crippen molar-refractivity contribution in [1.29, 1.82) is 0 Å². The van der Waals surface area contributed by atoms with Crippen molar-refractivity contribution in [3.05, 3.63) is 24.0 Å². The standard InChI is InChI=1S/C23H32N4O2/c1-16-13-20(16)21(28)25-9-7-23(8-10-25)22(29)27(19-6-3-17(2)24-14-19)12-11-26(23)15-18-4-5-18/h3,6,14,16,18,20H,4-5,7-13,15H2,1-2H3/t16-,20+/m0/s1. The van der Waals surface area contributed by atoms with E-state index in [0.29, 0.717) is 24.9 Å². The monoisotopic (exact) mass is 396 g/mol. The lowest BCUT2D eigenvalue weighted by atomic mass is 9.81. The van der Waals surface area contributed by atoms with Gasteiger partial charge in [-0.25, -0.2) is 0 Å². The van der Waals surface area contributed by atoms with Crippen molar-refractivity contribution in [2.24, 2.45) is 17.8 Å². The van der Waals surface area contributed by atoms with Gasteiger partial charge in [0.2, 0.25) is 11.8 Å². The van der Waals surface area contributed by atoms with Crippen LogP contribution < -0.4 is 4.90 Å². The van der Waals surface area contributed by atoms with E-state index in [4.69, 9.17) is 0 Å². The predicted octanol–water partition coefficient (Wildman–Crippen LogP) is 2.47. The fourth-order valence-electron chi connectivity index (χ4n) is 5.19. The minimum atomic E-state index is -0.461. The van der Waals surface area contributed by atoms with Gasteiger partial charge in [-0.3, -0.25) is 19.5 Å². The molecule has 0 aromatic carbocycles. The molecule has 6 heteroatoms. The Morgan fingerprint density at radius 2 is 1.90 bits per heavy atom. The Morgan fingerprint density at radius 3 is 2.48 bits per heavy atom. The molecule has 29 heavy (non-hydrogen) atoms. The first-order chi connectivity index (χ1) is 14.0. The Bertz CT molecular complexity index is 796. The average Bonchev–Trinajstić information content (AvgIpc) is 3.65. The summed E-state index contributed by atoms with van der Waals surface area (Å²) < 4.78 is 0. The number of hydrogen-bond acceptors (Lipinski definition) is 4. The van der Waals surface area contributed by atoms with E-state index in [9.17, 15) is 9.59 Å². The SMILES string of the molecule is Cc1ccc(N2CCN(CC3CC3)C3(CCN(C(=O)[C@@H]4C[C@@H]4C)CC3)C2=O)cn1. The molecule has 0 bridgehead atoms. The molecular formula is C23H32N4O2. The van der Waals surface area contributed by atoms with E-state index >= 15 is 0 Å². The van der Waals surface area contributed by atoms with Crippen LogP contribution in [0.1, 0.15) is 44.7 Å². The zero-order chi connectivity index (χ0) is 20.2. The number of pyridine rings is 1. The van der Waals surface area contributed by atoms with Crippen molar-refractivity contribution in [3.8, 4) is 0 Å². The Balaban J connectivity index is 1.36. The molecule has 6 nitrogen and oxygen atoms in total. The van der Waals surface area contributed by atoms with Crippen LogP contribution >= 0.6 is 0 Å². The molecule has 2 aliphatic heterocycles. The molecule has 0 N–H and O–H groups in total. The van der Waals surface area contributed by atoms with Crippen LogP contribution in [0.2, 0.25) is 0 Å². The quantitative estimate of drug-likeness (QED) is 0.785. The highest BCUT2D eigenvalue weighted by Gasteiger charge is 2.53. The maximum atomic E-state index is 13.8. The Morgan fingerprint density at radius 1 is 1.17 bits per heavy atom. The lowest BCUT2D eigenvalue weighted by Gasteiger charge is -2.53. The zero-order valence-corrected chi connectivity index (χ0v) is 17.6. The van der Waals surface area contributed by atoms with E-state index in [0.717, 1.165) is 56.2 Å². The molecule has 156 valence electrons. The van der Waals surface area contributed by atoms with E-state index in [1.54, 1.807) is 0 Å². The molecule has 4 fully saturated rings. The van der Waals surface area contributed by atoms with Crippen molar-refractivity contribution in [1.82, 2.24) is 14.8 Å². The summed E-state index contributed by atoms with van der Waals surface area (Å²) in [5.74, 6) is 2.03. The average molecular weight is 397 g/mol. The van der Waals surface area contributed by atoms with E-state index in [1.165, 1.54) is 12.8 Å². The number of anilines is 1. The molecule has 2 atom stereocenters. The highest BCUT2D eigenvalue weighted by atomic mass is 16.2. The molecule has 2 amide bonds. The third-order valence-corrected chi connectivity index (χ3v) is 7.55. The number of piperazine rings is 1. The van der Waals surface area contributed by atoms with Crippen LogP contribution in [-0.4, -0.2) is 64.9 Å². The Kier molecular flexibility index (Phi) is 4.65. The van der Waals surface area contributed by atoms with E-state index < -0.39 is 5.54 Å². The number of piperidine rings is 1. The van der Waals surface area contributed by atoms with E-state index in [-0.39, 0.29) is 11.8 Å². The highest BCUT2D eigenvalue weighted by Crippen LogP contribution is 2.42. The molecule has 2 aliphatic carbocycles. The van der Waals surface area contributed by atoms with Crippen LogP contribution in [0.25, 0.3) is 0 Å². The topological polar surface area (TPSA) is 56.8 Å². The van der Waals surface area contributed by atoms with Crippen molar-refractivity contribution in [3.63, 3.8) is 0 Å². The summed E-state index contributed by atoms with van der Waals surface area (Å²) in [7, 11) is 0. The van der Waals surface area contributed by atoms with Gasteiger partial charge in [0.05, 0.1) is 11.9 Å². The van der Waals surface area contributed by atoms with Crippen LogP contribution in [0.3, 0.4) is 0 Å². The number of carbonyl (C=O) groups excluding carboxylic acids is 2. The van der Waals surface area contributed by atoms with Crippen molar-refractivity contribution < 1.29 is 9.59 Å². The molecule has 4 aliphatic rings. The van der Waals surface area contributed by atoms with Gasteiger partial charge in [-0.2, -0.15) is 0 Å². The van der Waals surface area contributed by atoms with Crippen LogP contribution in [-0.2, 0) is 9.59 Å². The van der Waals surface area contributed by atoms with Gasteiger partial charge < -0.3 is 9.80 Å². The van der Waals surface area contributed by atoms with Crippen LogP contribution in [0.4, 0.5) is 5.69 Å². The summed E-state index contributed by atoms with van der Waals surface area (Å²) in [6.07, 6.45) is 6.93. The fourth-order valence-corrected chi connectivity index (χ4v) is 5.19. The summed E-state index contributed by atoms with van der Waals surface area (Å²) in [4.78, 5) is 37.4. The maximum Gasteiger partial charge on any atom is 0.247 e. The lowest BCUT2D eigenvalue weighted by molar-refractivity contribution is -0.144. The Hall–Kier alpha value is -1.95. The fraction of sp³-hybridized carbons (Fsp3) is 0.696. The number of amides is 2. The molecular weight excluding hydrogens is 364 g/mol. The van der Waals surface area contributed by atoms with Gasteiger partial charge in [0.15, 0.2) is 0 Å². The maximum absolute atomic E-state index is 13.8. The summed E-state index contributed by atoms with van der Waals surface area (Å²) in [5.41, 5.74) is 1.40. The molecule has 1 spiro atoms. The minimum absolute atomic E-state index is 0.210. The number of aryl methyl sites for hydroxylation is 1. The molecule has 2 saturated carbocycles. The molecule has 2 saturated heterocycles. The van der Waals surface area contributed by atoms with Gasteiger partial charge in [-0.15, -0.1) is 0 Å². The molecule has 5 rings (SSSR count). The zero-order valence-electron chi connectivity index (χ0n) is 17.6. The van der Waals surface area contributed by atoms with Crippen LogP contribution in [0.5, 0.6) is 0 Å². The summed E-state index contributed by atoms with van der Waals surface area (Å²) >= 11 is 0. The normalized spacial score (nSPS) is 29.4. The van der Waals surface area contributed by atoms with Gasteiger partial charge in [-0.05, 0) is 63.0 Å². The first-order valence-electron chi connectivity index (χ1n) is 11.3. The molecule has 0 unspecified atom stereocenters. The first kappa shape index (κ1) is 19.0. The van der Waals surface area contributed by atoms with E-state index in [1.807, 2.05) is 35.1 Å². The number of nitrogens with zero attached hydrogens (tertiary/aromatic N) is 4. The smallest absolute Gasteiger partial charge is 0.247 e. The Labute approximate surface area is 173 Å². The van der Waals surface area contributed by atoms with Crippen LogP contribution in [0, 0.1) is 24.7 Å². The predicted molar refractivity (Wildman–Crippen MR) is 111 cm³/mol.